The number of hydrogen-bond donors (Lipinski definition) is 0. The molecular formula is C7H4NO2. The van der Waals surface area contributed by atoms with Crippen molar-refractivity contribution in [3.63, 3.8) is 0 Å². The Morgan fingerprint density at radius 2 is 2.40 bits per heavy atom. The van der Waals surface area contributed by atoms with Crippen LogP contribution in [0.2, 0.25) is 0 Å². The van der Waals surface area contributed by atoms with E-state index >= 15 is 0 Å². The summed E-state index contributed by atoms with van der Waals surface area (Å²) in [4.78, 5) is 3.63. The largest absolute Gasteiger partial charge is 0.461 e. The first-order valence-electron chi connectivity index (χ1n) is 2.82. The fourth-order valence-corrected chi connectivity index (χ4v) is 0.720. The van der Waals surface area contributed by atoms with Crippen molar-refractivity contribution in [2.45, 2.75) is 0 Å². The van der Waals surface area contributed by atoms with Crippen LogP contribution in [0.25, 0.3) is 11.5 Å². The van der Waals surface area contributed by atoms with Crippen LogP contribution in [-0.2, 0) is 0 Å². The summed E-state index contributed by atoms with van der Waals surface area (Å²) in [5.41, 5.74) is 0. The van der Waals surface area contributed by atoms with Gasteiger partial charge in [0, 0.05) is 0 Å². The molecule has 2 aromatic heterocycles. The van der Waals surface area contributed by atoms with Gasteiger partial charge in [-0.05, 0) is 12.1 Å². The summed E-state index contributed by atoms with van der Waals surface area (Å²) >= 11 is 0. The number of hydrogen-bond acceptors (Lipinski definition) is 3. The van der Waals surface area contributed by atoms with Gasteiger partial charge in [0.2, 0.25) is 0 Å². The average Bonchev–Trinajstić information content (AvgIpc) is 2.59. The Balaban J connectivity index is 2.48. The van der Waals surface area contributed by atoms with Crippen molar-refractivity contribution in [1.29, 1.82) is 0 Å². The standard InChI is InChI=1S/C7H4NO2/c1-2-6(9-3-1)7-4-8-5-10-7/h1-4H. The van der Waals surface area contributed by atoms with Gasteiger partial charge in [0.1, 0.15) is 0 Å². The molecule has 2 heterocycles. The number of furan rings is 1. The molecular weight excluding hydrogens is 130 g/mol. The summed E-state index contributed by atoms with van der Waals surface area (Å²) in [5.74, 6) is 1.28. The lowest BCUT2D eigenvalue weighted by Gasteiger charge is -1.83. The zero-order valence-corrected chi connectivity index (χ0v) is 5.07. The molecule has 10 heavy (non-hydrogen) atoms. The Labute approximate surface area is 57.3 Å². The third-order valence-electron chi connectivity index (χ3n) is 1.15. The predicted molar refractivity (Wildman–Crippen MR) is 33.0 cm³/mol. The monoisotopic (exact) mass is 134 g/mol. The van der Waals surface area contributed by atoms with Gasteiger partial charge in [-0.1, -0.05) is 0 Å². The highest BCUT2D eigenvalue weighted by molar-refractivity contribution is 5.46. The van der Waals surface area contributed by atoms with Crippen molar-refractivity contribution in [2.75, 3.05) is 0 Å². The molecule has 0 aliphatic rings. The number of rotatable bonds is 1. The summed E-state index contributed by atoms with van der Waals surface area (Å²) in [5, 5.41) is 0. The molecule has 1 radical (unpaired) electrons. The molecule has 0 atom stereocenters. The zero-order valence-electron chi connectivity index (χ0n) is 5.07. The normalized spacial score (nSPS) is 10.0. The van der Waals surface area contributed by atoms with E-state index in [1.165, 1.54) is 0 Å². The maximum atomic E-state index is 5.02. The third-order valence-corrected chi connectivity index (χ3v) is 1.15. The second kappa shape index (κ2) is 2.02. The lowest BCUT2D eigenvalue weighted by atomic mass is 10.4. The molecule has 3 nitrogen and oxygen atoms in total. The summed E-state index contributed by atoms with van der Waals surface area (Å²) in [6.45, 7) is 0. The van der Waals surface area contributed by atoms with Crippen LogP contribution < -0.4 is 0 Å². The van der Waals surface area contributed by atoms with E-state index in [4.69, 9.17) is 8.83 Å². The molecule has 0 N–H and O–H groups in total. The van der Waals surface area contributed by atoms with Crippen molar-refractivity contribution in [1.82, 2.24) is 4.98 Å². The van der Waals surface area contributed by atoms with E-state index in [2.05, 4.69) is 11.4 Å². The average molecular weight is 134 g/mol. The Hall–Kier alpha value is -1.51. The molecule has 0 bridgehead atoms. The van der Waals surface area contributed by atoms with Crippen molar-refractivity contribution in [3.05, 3.63) is 31.0 Å². The smallest absolute Gasteiger partial charge is 0.284 e. The molecule has 49 valence electrons. The van der Waals surface area contributed by atoms with E-state index in [1.807, 2.05) is 0 Å². The minimum atomic E-state index is 0.602. The molecule has 2 rings (SSSR count). The van der Waals surface area contributed by atoms with E-state index in [1.54, 1.807) is 24.6 Å². The van der Waals surface area contributed by atoms with Crippen LogP contribution in [0.5, 0.6) is 0 Å². The summed E-state index contributed by atoms with van der Waals surface area (Å²) in [6.07, 6.45) is 5.47. The van der Waals surface area contributed by atoms with Crippen LogP contribution >= 0.6 is 0 Å². The molecule has 0 saturated heterocycles. The van der Waals surface area contributed by atoms with Crippen LogP contribution in [0.15, 0.2) is 33.4 Å². The second-order valence-electron chi connectivity index (χ2n) is 1.79. The molecule has 0 aliphatic heterocycles. The van der Waals surface area contributed by atoms with Gasteiger partial charge < -0.3 is 8.83 Å². The first-order valence-corrected chi connectivity index (χ1v) is 2.82. The topological polar surface area (TPSA) is 39.2 Å². The fourth-order valence-electron chi connectivity index (χ4n) is 0.720. The number of oxazole rings is 1. The summed E-state index contributed by atoms with van der Waals surface area (Å²) in [7, 11) is 0. The first-order chi connectivity index (χ1) is 4.97. The minimum absolute atomic E-state index is 0.602. The molecule has 0 spiro atoms. The first kappa shape index (κ1) is 5.29. The maximum absolute atomic E-state index is 5.02. The Morgan fingerprint density at radius 3 is 3.00 bits per heavy atom. The lowest BCUT2D eigenvalue weighted by molar-refractivity contribution is 0.515. The van der Waals surface area contributed by atoms with Gasteiger partial charge >= 0.3 is 0 Å². The fraction of sp³-hybridized carbons (Fsp3) is 0. The highest BCUT2D eigenvalue weighted by Gasteiger charge is 2.01. The molecule has 0 unspecified atom stereocenters. The highest BCUT2D eigenvalue weighted by Crippen LogP contribution is 2.17. The third kappa shape index (κ3) is 0.719. The molecule has 0 fully saturated rings. The van der Waals surface area contributed by atoms with Gasteiger partial charge in [0.05, 0.1) is 12.5 Å². The molecule has 0 aromatic carbocycles. The van der Waals surface area contributed by atoms with Gasteiger partial charge in [-0.25, -0.2) is 4.98 Å². The molecule has 2 aromatic rings. The van der Waals surface area contributed by atoms with Gasteiger partial charge in [-0.3, -0.25) is 0 Å². The second-order valence-corrected chi connectivity index (χ2v) is 1.79. The maximum Gasteiger partial charge on any atom is 0.284 e. The minimum Gasteiger partial charge on any atom is -0.461 e. The van der Waals surface area contributed by atoms with Gasteiger partial charge in [-0.2, -0.15) is 0 Å². The molecule has 0 amide bonds. The molecule has 0 saturated carbocycles. The lowest BCUT2D eigenvalue weighted by Crippen LogP contribution is -1.62. The van der Waals surface area contributed by atoms with Crippen LogP contribution in [0.3, 0.4) is 0 Å². The van der Waals surface area contributed by atoms with Crippen LogP contribution in [-0.4, -0.2) is 4.98 Å². The van der Waals surface area contributed by atoms with E-state index < -0.39 is 0 Å². The Morgan fingerprint density at radius 1 is 1.40 bits per heavy atom. The van der Waals surface area contributed by atoms with Crippen molar-refractivity contribution in [3.8, 4) is 11.5 Å². The van der Waals surface area contributed by atoms with Crippen molar-refractivity contribution >= 4 is 0 Å². The Bertz CT molecular complexity index is 251. The zero-order chi connectivity index (χ0) is 6.81. The SMILES string of the molecule is [c]1ncc(-c2ccco2)o1. The summed E-state index contributed by atoms with van der Waals surface area (Å²) in [6, 6.07) is 3.59. The molecule has 0 aliphatic carbocycles. The quantitative estimate of drug-likeness (QED) is 0.596. The summed E-state index contributed by atoms with van der Waals surface area (Å²) < 4.78 is 9.87. The number of nitrogens with zero attached hydrogens (tertiary/aromatic N) is 1. The van der Waals surface area contributed by atoms with E-state index in [-0.39, 0.29) is 0 Å². The van der Waals surface area contributed by atoms with E-state index in [0.717, 1.165) is 0 Å². The number of aromatic nitrogens is 1. The van der Waals surface area contributed by atoms with E-state index in [9.17, 15) is 0 Å². The van der Waals surface area contributed by atoms with Crippen molar-refractivity contribution < 1.29 is 8.83 Å². The van der Waals surface area contributed by atoms with E-state index in [0.29, 0.717) is 11.5 Å². The van der Waals surface area contributed by atoms with Gasteiger partial charge in [0.15, 0.2) is 11.5 Å². The Kier molecular flexibility index (Phi) is 1.07. The van der Waals surface area contributed by atoms with Crippen LogP contribution in [0, 0.1) is 6.39 Å². The van der Waals surface area contributed by atoms with Crippen LogP contribution in [0.1, 0.15) is 0 Å². The van der Waals surface area contributed by atoms with Crippen LogP contribution in [0.4, 0.5) is 0 Å². The predicted octanol–water partition coefficient (Wildman–Crippen LogP) is 1.73. The van der Waals surface area contributed by atoms with Gasteiger partial charge in [-0.15, -0.1) is 0 Å². The highest BCUT2D eigenvalue weighted by atomic mass is 16.4. The van der Waals surface area contributed by atoms with Gasteiger partial charge in [0.25, 0.3) is 6.39 Å². The molecule has 3 heteroatoms. The van der Waals surface area contributed by atoms with Crippen molar-refractivity contribution in [2.24, 2.45) is 0 Å².